The van der Waals surface area contributed by atoms with Gasteiger partial charge in [-0.05, 0) is 47.5 Å². The second kappa shape index (κ2) is 7.84. The van der Waals surface area contributed by atoms with Gasteiger partial charge in [0.1, 0.15) is 0 Å². The van der Waals surface area contributed by atoms with E-state index in [2.05, 4.69) is 0 Å². The van der Waals surface area contributed by atoms with Crippen LogP contribution in [0, 0.1) is 0 Å². The summed E-state index contributed by atoms with van der Waals surface area (Å²) >= 11 is 18.6. The second-order valence-electron chi connectivity index (χ2n) is 6.26. The summed E-state index contributed by atoms with van der Waals surface area (Å²) in [5.74, 6) is -0.169. The third kappa shape index (κ3) is 3.59. The average molecular weight is 427 g/mol. The summed E-state index contributed by atoms with van der Waals surface area (Å²) in [6.45, 7) is 0. The van der Waals surface area contributed by atoms with Gasteiger partial charge in [-0.3, -0.25) is 9.69 Å². The highest BCUT2D eigenvalue weighted by Gasteiger charge is 2.32. The van der Waals surface area contributed by atoms with Gasteiger partial charge < -0.3 is 0 Å². The van der Waals surface area contributed by atoms with Crippen molar-refractivity contribution in [2.24, 2.45) is 0 Å². The van der Waals surface area contributed by atoms with Gasteiger partial charge in [-0.25, -0.2) is 0 Å². The largest absolute Gasteiger partial charge is 0.275 e. The molecule has 0 N–H and O–H groups in total. The molecular formula is C23H14Cl3NO. The molecule has 0 bridgehead atoms. The summed E-state index contributed by atoms with van der Waals surface area (Å²) in [4.78, 5) is 14.9. The first kappa shape index (κ1) is 18.8. The van der Waals surface area contributed by atoms with Gasteiger partial charge in [-0.2, -0.15) is 0 Å². The van der Waals surface area contributed by atoms with E-state index < -0.39 is 0 Å². The topological polar surface area (TPSA) is 20.3 Å². The van der Waals surface area contributed by atoms with Gasteiger partial charge in [-0.1, -0.05) is 83.3 Å². The van der Waals surface area contributed by atoms with Crippen molar-refractivity contribution in [3.63, 3.8) is 0 Å². The van der Waals surface area contributed by atoms with Crippen molar-refractivity contribution < 1.29 is 4.79 Å². The first-order chi connectivity index (χ1) is 13.5. The molecule has 0 aromatic heterocycles. The van der Waals surface area contributed by atoms with E-state index in [0.717, 1.165) is 16.8 Å². The van der Waals surface area contributed by atoms with Gasteiger partial charge in [0.05, 0.1) is 21.4 Å². The number of hydrogen-bond acceptors (Lipinski definition) is 1. The number of hydrogen-bond donors (Lipinski definition) is 0. The molecule has 0 fully saturated rings. The van der Waals surface area contributed by atoms with Crippen LogP contribution in [0.15, 0.2) is 84.4 Å². The summed E-state index contributed by atoms with van der Waals surface area (Å²) < 4.78 is 0. The monoisotopic (exact) mass is 425 g/mol. The fourth-order valence-corrected chi connectivity index (χ4v) is 3.59. The molecule has 0 atom stereocenters. The van der Waals surface area contributed by atoms with Crippen LogP contribution in [0.4, 0.5) is 5.69 Å². The van der Waals surface area contributed by atoms with E-state index in [1.165, 1.54) is 0 Å². The van der Waals surface area contributed by atoms with Crippen molar-refractivity contribution in [1.82, 2.24) is 0 Å². The first-order valence-electron chi connectivity index (χ1n) is 8.57. The van der Waals surface area contributed by atoms with Crippen molar-refractivity contribution in [2.45, 2.75) is 0 Å². The predicted octanol–water partition coefficient (Wildman–Crippen LogP) is 7.12. The van der Waals surface area contributed by atoms with Gasteiger partial charge >= 0.3 is 0 Å². The Kier molecular flexibility index (Phi) is 5.27. The molecule has 0 spiro atoms. The molecule has 1 aliphatic heterocycles. The Morgan fingerprint density at radius 2 is 1.50 bits per heavy atom. The molecule has 3 aromatic carbocycles. The molecule has 0 radical (unpaired) electrons. The second-order valence-corrected chi connectivity index (χ2v) is 7.48. The zero-order chi connectivity index (χ0) is 19.7. The standard InChI is InChI=1S/C23H14Cl3NO/c24-18-11-9-15(10-12-18)13-17-14-21(16-5-2-1-3-6-16)27(23(17)28)20-8-4-7-19(25)22(20)26/h1-14H/b17-13+. The minimum atomic E-state index is -0.169. The molecule has 28 heavy (non-hydrogen) atoms. The van der Waals surface area contributed by atoms with Crippen molar-refractivity contribution in [3.05, 3.63) is 111 Å². The normalized spacial score (nSPS) is 15.2. The molecule has 5 heteroatoms. The van der Waals surface area contributed by atoms with Crippen LogP contribution < -0.4 is 4.90 Å². The van der Waals surface area contributed by atoms with Crippen molar-refractivity contribution >= 4 is 58.2 Å². The summed E-state index contributed by atoms with van der Waals surface area (Å²) in [5.41, 5.74) is 3.64. The Morgan fingerprint density at radius 3 is 2.21 bits per heavy atom. The molecule has 138 valence electrons. The fourth-order valence-electron chi connectivity index (χ4n) is 3.08. The quantitative estimate of drug-likeness (QED) is 0.408. The SMILES string of the molecule is O=C1/C(=C/c2ccc(Cl)cc2)C=C(c2ccccc2)N1c1cccc(Cl)c1Cl. The number of carbonyl (C=O) groups excluding carboxylic acids is 1. The number of halogens is 3. The lowest BCUT2D eigenvalue weighted by Crippen LogP contribution is -2.25. The van der Waals surface area contributed by atoms with Crippen molar-refractivity contribution in [3.8, 4) is 0 Å². The highest BCUT2D eigenvalue weighted by Crippen LogP contribution is 2.41. The summed E-state index contributed by atoms with van der Waals surface area (Å²) in [7, 11) is 0. The van der Waals surface area contributed by atoms with Gasteiger partial charge in [0, 0.05) is 10.6 Å². The molecule has 1 heterocycles. The van der Waals surface area contributed by atoms with Crippen molar-refractivity contribution in [2.75, 3.05) is 4.90 Å². The lowest BCUT2D eigenvalue weighted by Gasteiger charge is -2.22. The molecule has 0 saturated carbocycles. The number of anilines is 1. The zero-order valence-corrected chi connectivity index (χ0v) is 16.8. The highest BCUT2D eigenvalue weighted by atomic mass is 35.5. The molecule has 0 saturated heterocycles. The smallest absolute Gasteiger partial charge is 0.262 e. The van der Waals surface area contributed by atoms with E-state index >= 15 is 0 Å². The highest BCUT2D eigenvalue weighted by molar-refractivity contribution is 6.44. The summed E-state index contributed by atoms with van der Waals surface area (Å²) in [5, 5.41) is 1.38. The minimum Gasteiger partial charge on any atom is -0.275 e. The van der Waals surface area contributed by atoms with Gasteiger partial charge in [0.2, 0.25) is 0 Å². The van der Waals surface area contributed by atoms with E-state index in [1.807, 2.05) is 54.6 Å². The average Bonchev–Trinajstić information content (AvgIpc) is 3.03. The maximum Gasteiger partial charge on any atom is 0.262 e. The molecular weight excluding hydrogens is 413 g/mol. The number of benzene rings is 3. The third-order valence-electron chi connectivity index (χ3n) is 4.42. The molecule has 0 unspecified atom stereocenters. The summed E-state index contributed by atoms with van der Waals surface area (Å²) in [6.07, 6.45) is 3.70. The predicted molar refractivity (Wildman–Crippen MR) is 118 cm³/mol. The number of amides is 1. The van der Waals surface area contributed by atoms with Crippen molar-refractivity contribution in [1.29, 1.82) is 0 Å². The van der Waals surface area contributed by atoms with Crippen LogP contribution in [-0.2, 0) is 4.79 Å². The fraction of sp³-hybridized carbons (Fsp3) is 0. The molecule has 1 aliphatic rings. The zero-order valence-electron chi connectivity index (χ0n) is 14.6. The van der Waals surface area contributed by atoms with Crippen LogP contribution in [0.1, 0.15) is 11.1 Å². The number of carbonyl (C=O) groups is 1. The number of rotatable bonds is 3. The van der Waals surface area contributed by atoms with E-state index in [9.17, 15) is 4.79 Å². The molecule has 4 rings (SSSR count). The lowest BCUT2D eigenvalue weighted by molar-refractivity contribution is -0.113. The first-order valence-corrected chi connectivity index (χ1v) is 9.71. The Balaban J connectivity index is 1.85. The minimum absolute atomic E-state index is 0.169. The van der Waals surface area contributed by atoms with Gasteiger partial charge in [0.25, 0.3) is 5.91 Å². The third-order valence-corrected chi connectivity index (χ3v) is 5.48. The van der Waals surface area contributed by atoms with E-state index in [1.54, 1.807) is 35.2 Å². The van der Waals surface area contributed by atoms with Gasteiger partial charge in [0.15, 0.2) is 0 Å². The lowest BCUT2D eigenvalue weighted by atomic mass is 10.1. The van der Waals surface area contributed by atoms with Crippen LogP contribution in [0.2, 0.25) is 15.1 Å². The molecule has 2 nitrogen and oxygen atoms in total. The van der Waals surface area contributed by atoms with E-state index in [4.69, 9.17) is 34.8 Å². The maximum absolute atomic E-state index is 13.3. The Labute approximate surface area is 178 Å². The van der Waals surface area contributed by atoms with Crippen LogP contribution in [-0.4, -0.2) is 5.91 Å². The van der Waals surface area contributed by atoms with E-state index in [-0.39, 0.29) is 5.91 Å². The maximum atomic E-state index is 13.3. The number of nitrogens with zero attached hydrogens (tertiary/aromatic N) is 1. The molecule has 0 aliphatic carbocycles. The molecule has 1 amide bonds. The van der Waals surface area contributed by atoms with Crippen LogP contribution >= 0.6 is 34.8 Å². The Bertz CT molecular complexity index is 1100. The Morgan fingerprint density at radius 1 is 0.786 bits per heavy atom. The Hall–Kier alpha value is -2.52. The van der Waals surface area contributed by atoms with Crippen LogP contribution in [0.25, 0.3) is 11.8 Å². The molecule has 3 aromatic rings. The van der Waals surface area contributed by atoms with Crippen LogP contribution in [0.5, 0.6) is 0 Å². The van der Waals surface area contributed by atoms with Crippen LogP contribution in [0.3, 0.4) is 0 Å². The van der Waals surface area contributed by atoms with Gasteiger partial charge in [-0.15, -0.1) is 0 Å². The van der Waals surface area contributed by atoms with E-state index in [0.29, 0.717) is 26.3 Å². The summed E-state index contributed by atoms with van der Waals surface area (Å²) in [6, 6.07) is 22.3.